The molecule has 2 fully saturated rings. The molecule has 1 aromatic heterocycles. The van der Waals surface area contributed by atoms with Crippen LogP contribution in [0, 0.1) is 5.92 Å². The van der Waals surface area contributed by atoms with Crippen molar-refractivity contribution in [3.63, 3.8) is 0 Å². The summed E-state index contributed by atoms with van der Waals surface area (Å²) < 4.78 is 0. The maximum Gasteiger partial charge on any atom is 0.347 e. The second kappa shape index (κ2) is 5.93. The first kappa shape index (κ1) is 14.8. The zero-order valence-electron chi connectivity index (χ0n) is 12.7. The molecule has 1 N–H and O–H groups in total. The summed E-state index contributed by atoms with van der Waals surface area (Å²) >= 11 is 1.35. The summed E-state index contributed by atoms with van der Waals surface area (Å²) in [7, 11) is 0. The summed E-state index contributed by atoms with van der Waals surface area (Å²) in [6.45, 7) is 9.60. The number of carboxylic acids is 1. The van der Waals surface area contributed by atoms with Crippen LogP contribution in [0.4, 0.5) is 5.13 Å². The van der Waals surface area contributed by atoms with Gasteiger partial charge < -0.3 is 10.0 Å². The van der Waals surface area contributed by atoms with E-state index in [0.717, 1.165) is 56.4 Å². The van der Waals surface area contributed by atoms with Crippen molar-refractivity contribution in [3.8, 4) is 0 Å². The molecule has 1 saturated carbocycles. The van der Waals surface area contributed by atoms with Gasteiger partial charge in [-0.3, -0.25) is 4.90 Å². The number of hydrogen-bond donors (Lipinski definition) is 1. The van der Waals surface area contributed by atoms with E-state index in [0.29, 0.717) is 16.7 Å². The van der Waals surface area contributed by atoms with Crippen molar-refractivity contribution in [2.45, 2.75) is 32.6 Å². The van der Waals surface area contributed by atoms with Crippen LogP contribution in [0.2, 0.25) is 0 Å². The molecule has 0 radical (unpaired) electrons. The van der Waals surface area contributed by atoms with Crippen molar-refractivity contribution >= 4 is 22.4 Å². The van der Waals surface area contributed by atoms with Crippen LogP contribution < -0.4 is 4.90 Å². The third-order valence-electron chi connectivity index (χ3n) is 4.07. The summed E-state index contributed by atoms with van der Waals surface area (Å²) in [4.78, 5) is 21.2. The van der Waals surface area contributed by atoms with Crippen LogP contribution in [0.25, 0.3) is 0 Å². The Morgan fingerprint density at radius 2 is 2.00 bits per heavy atom. The smallest absolute Gasteiger partial charge is 0.347 e. The normalized spacial score (nSPS) is 20.2. The van der Waals surface area contributed by atoms with E-state index in [1.165, 1.54) is 11.3 Å². The van der Waals surface area contributed by atoms with E-state index in [-0.39, 0.29) is 0 Å². The highest BCUT2D eigenvalue weighted by molar-refractivity contribution is 7.17. The molecule has 1 aliphatic heterocycles. The van der Waals surface area contributed by atoms with Gasteiger partial charge in [0.05, 0.1) is 5.69 Å². The van der Waals surface area contributed by atoms with Gasteiger partial charge in [-0.25, -0.2) is 9.78 Å². The maximum atomic E-state index is 11.4. The average Bonchev–Trinajstić information content (AvgIpc) is 3.18. The molecule has 5 nitrogen and oxygen atoms in total. The van der Waals surface area contributed by atoms with Gasteiger partial charge in [0.25, 0.3) is 0 Å². The van der Waals surface area contributed by atoms with Gasteiger partial charge in [0, 0.05) is 38.6 Å². The van der Waals surface area contributed by atoms with Crippen LogP contribution in [-0.2, 0) is 0 Å². The van der Waals surface area contributed by atoms with E-state index >= 15 is 0 Å². The zero-order chi connectivity index (χ0) is 15.0. The molecule has 0 bridgehead atoms. The maximum absolute atomic E-state index is 11.4. The number of rotatable bonds is 5. The van der Waals surface area contributed by atoms with Gasteiger partial charge in [-0.15, -0.1) is 0 Å². The zero-order valence-corrected chi connectivity index (χ0v) is 13.5. The molecule has 6 heteroatoms. The lowest BCUT2D eigenvalue weighted by atomic mass is 10.2. The molecule has 0 unspecified atom stereocenters. The molecule has 1 saturated heterocycles. The van der Waals surface area contributed by atoms with Crippen LogP contribution in [0.15, 0.2) is 0 Å². The fraction of sp³-hybridized carbons (Fsp3) is 0.733. The summed E-state index contributed by atoms with van der Waals surface area (Å²) in [6, 6.07) is 0. The predicted octanol–water partition coefficient (Wildman–Crippen LogP) is 2.50. The minimum absolute atomic E-state index is 0.392. The van der Waals surface area contributed by atoms with Crippen molar-refractivity contribution in [2.24, 2.45) is 5.92 Å². The van der Waals surface area contributed by atoms with Gasteiger partial charge in [0.15, 0.2) is 5.13 Å². The van der Waals surface area contributed by atoms with E-state index in [4.69, 9.17) is 0 Å². The van der Waals surface area contributed by atoms with Crippen LogP contribution in [-0.4, -0.2) is 53.7 Å². The number of carboxylic acid groups (broad SMARTS) is 1. The molecule has 1 aliphatic carbocycles. The quantitative estimate of drug-likeness (QED) is 0.905. The summed E-state index contributed by atoms with van der Waals surface area (Å²) in [5, 5.41) is 10.2. The van der Waals surface area contributed by atoms with E-state index < -0.39 is 5.97 Å². The van der Waals surface area contributed by atoms with Gasteiger partial charge in [-0.2, -0.15) is 0 Å². The fourth-order valence-corrected chi connectivity index (χ4v) is 3.92. The Kier molecular flexibility index (Phi) is 4.17. The predicted molar refractivity (Wildman–Crippen MR) is 84.5 cm³/mol. The van der Waals surface area contributed by atoms with E-state index in [1.807, 2.05) is 0 Å². The van der Waals surface area contributed by atoms with Crippen molar-refractivity contribution < 1.29 is 9.90 Å². The lowest BCUT2D eigenvalue weighted by molar-refractivity contribution is 0.0700. The Bertz CT molecular complexity index is 517. The molecule has 0 amide bonds. The first-order valence-electron chi connectivity index (χ1n) is 7.76. The average molecular weight is 309 g/mol. The molecule has 1 aromatic rings. The standard InChI is InChI=1S/C15H23N3O2S/c1-10(2)9-17-5-7-18(8-6-17)15-16-12(11-3-4-11)13(21-15)14(19)20/h10-11H,3-9H2,1-2H3,(H,19,20). The molecule has 0 aromatic carbocycles. The summed E-state index contributed by atoms with van der Waals surface area (Å²) in [6.07, 6.45) is 2.18. The third-order valence-corrected chi connectivity index (χ3v) is 5.19. The first-order chi connectivity index (χ1) is 10.0. The molecular formula is C15H23N3O2S. The number of aromatic carboxylic acids is 1. The van der Waals surface area contributed by atoms with Gasteiger partial charge in [-0.05, 0) is 18.8 Å². The molecule has 3 rings (SSSR count). The van der Waals surface area contributed by atoms with Crippen molar-refractivity contribution in [2.75, 3.05) is 37.6 Å². The highest BCUT2D eigenvalue weighted by atomic mass is 32.1. The lowest BCUT2D eigenvalue weighted by Crippen LogP contribution is -2.47. The second-order valence-electron chi connectivity index (χ2n) is 6.47. The molecule has 0 atom stereocenters. The third kappa shape index (κ3) is 3.37. The Morgan fingerprint density at radius 1 is 1.33 bits per heavy atom. The Balaban J connectivity index is 1.68. The fourth-order valence-electron chi connectivity index (χ4n) is 2.88. The monoisotopic (exact) mass is 309 g/mol. The number of piperazine rings is 1. The molecule has 116 valence electrons. The number of anilines is 1. The largest absolute Gasteiger partial charge is 0.477 e. The lowest BCUT2D eigenvalue weighted by Gasteiger charge is -2.35. The number of thiazole rings is 1. The molecule has 0 spiro atoms. The van der Waals surface area contributed by atoms with E-state index in [9.17, 15) is 9.90 Å². The van der Waals surface area contributed by atoms with Gasteiger partial charge >= 0.3 is 5.97 Å². The Hall–Kier alpha value is -1.14. The van der Waals surface area contributed by atoms with E-state index in [2.05, 4.69) is 28.6 Å². The Morgan fingerprint density at radius 3 is 2.52 bits per heavy atom. The van der Waals surface area contributed by atoms with Gasteiger partial charge in [0.1, 0.15) is 4.88 Å². The number of nitrogens with zero attached hydrogens (tertiary/aromatic N) is 3. The van der Waals surface area contributed by atoms with Crippen LogP contribution in [0.3, 0.4) is 0 Å². The molecule has 21 heavy (non-hydrogen) atoms. The van der Waals surface area contributed by atoms with Crippen LogP contribution >= 0.6 is 11.3 Å². The topological polar surface area (TPSA) is 56.7 Å². The molecule has 2 heterocycles. The highest BCUT2D eigenvalue weighted by Gasteiger charge is 2.33. The minimum Gasteiger partial charge on any atom is -0.477 e. The second-order valence-corrected chi connectivity index (χ2v) is 7.45. The minimum atomic E-state index is -0.820. The van der Waals surface area contributed by atoms with Gasteiger partial charge in [-0.1, -0.05) is 25.2 Å². The molecular weight excluding hydrogens is 286 g/mol. The van der Waals surface area contributed by atoms with Crippen LogP contribution in [0.1, 0.15) is 48.0 Å². The van der Waals surface area contributed by atoms with Crippen molar-refractivity contribution in [1.82, 2.24) is 9.88 Å². The highest BCUT2D eigenvalue weighted by Crippen LogP contribution is 2.44. The summed E-state index contributed by atoms with van der Waals surface area (Å²) in [5.74, 6) is 0.263. The number of aromatic nitrogens is 1. The number of hydrogen-bond acceptors (Lipinski definition) is 5. The molecule has 2 aliphatic rings. The first-order valence-corrected chi connectivity index (χ1v) is 8.57. The van der Waals surface area contributed by atoms with Crippen molar-refractivity contribution in [3.05, 3.63) is 10.6 Å². The Labute approximate surface area is 129 Å². The van der Waals surface area contributed by atoms with Crippen molar-refractivity contribution in [1.29, 1.82) is 0 Å². The van der Waals surface area contributed by atoms with E-state index in [1.54, 1.807) is 0 Å². The number of carbonyl (C=O) groups is 1. The SMILES string of the molecule is CC(C)CN1CCN(c2nc(C3CC3)c(C(=O)O)s2)CC1. The van der Waals surface area contributed by atoms with Gasteiger partial charge in [0.2, 0.25) is 0 Å². The summed E-state index contributed by atoms with van der Waals surface area (Å²) in [5.41, 5.74) is 0.826. The van der Waals surface area contributed by atoms with Crippen LogP contribution in [0.5, 0.6) is 0 Å².